The molecule has 11 rings (SSSR count). The topological polar surface area (TPSA) is 159 Å². The van der Waals surface area contributed by atoms with E-state index in [1.54, 1.807) is 25.7 Å². The predicted molar refractivity (Wildman–Crippen MR) is 316 cm³/mol. The van der Waals surface area contributed by atoms with Crippen molar-refractivity contribution < 1.29 is 18.6 Å². The molecular formula is C59H72Cl2N10O4P2. The summed E-state index contributed by atoms with van der Waals surface area (Å²) in [4.78, 5) is 24.0. The second-order valence-corrected chi connectivity index (χ2v) is 29.8. The lowest BCUT2D eigenvalue weighted by Gasteiger charge is -2.33. The van der Waals surface area contributed by atoms with Crippen LogP contribution in [0.15, 0.2) is 85.2 Å². The van der Waals surface area contributed by atoms with E-state index in [0.29, 0.717) is 68.8 Å². The molecule has 0 radical (unpaired) electrons. The Balaban J connectivity index is 0.720. The zero-order valence-corrected chi connectivity index (χ0v) is 48.3. The summed E-state index contributed by atoms with van der Waals surface area (Å²) in [5, 5.41) is 15.9. The van der Waals surface area contributed by atoms with Gasteiger partial charge in [-0.05, 0) is 206 Å². The van der Waals surface area contributed by atoms with E-state index in [0.717, 1.165) is 131 Å². The first kappa shape index (κ1) is 53.9. The van der Waals surface area contributed by atoms with Crippen LogP contribution in [0.4, 0.5) is 46.3 Å². The molecule has 2 aliphatic heterocycles. The molecule has 1 saturated carbocycles. The Morgan fingerprint density at radius 3 is 1.71 bits per heavy atom. The van der Waals surface area contributed by atoms with E-state index in [1.165, 1.54) is 34.2 Å². The SMILES string of the molecule is CO[C@H]1CCN([C@@H]2CCc3ccc(Nc4ncc(Cl)c(Nc5ccc(CC6CCCN6C6CCc7ccc(Nc8ncc(Cl)c(Nc9ccc(OC%10CC%10)cc9P(C)(C)=O)n8)cc7CC6)cc5P(C)(C)=O)n4)cc3CC2)C1. The van der Waals surface area contributed by atoms with Crippen LogP contribution in [0.25, 0.3) is 0 Å². The average Bonchev–Trinajstić information content (AvgIpc) is 4.05. The minimum absolute atomic E-state index is 0.237. The third-order valence-corrected chi connectivity index (χ3v) is 19.9. The third kappa shape index (κ3) is 13.0. The molecule has 14 nitrogen and oxygen atoms in total. The van der Waals surface area contributed by atoms with Crippen LogP contribution in [0.1, 0.15) is 85.6 Å². The van der Waals surface area contributed by atoms with E-state index in [-0.39, 0.29) is 6.10 Å². The number of nitrogens with zero attached hydrogens (tertiary/aromatic N) is 6. The summed E-state index contributed by atoms with van der Waals surface area (Å²) >= 11 is 13.4. The van der Waals surface area contributed by atoms with Crippen molar-refractivity contribution >= 4 is 94.4 Å². The van der Waals surface area contributed by atoms with Crippen molar-refractivity contribution in [1.29, 1.82) is 0 Å². The number of benzene rings is 4. The van der Waals surface area contributed by atoms with Gasteiger partial charge in [-0.3, -0.25) is 9.80 Å². The van der Waals surface area contributed by atoms with Crippen molar-refractivity contribution in [3.05, 3.63) is 123 Å². The van der Waals surface area contributed by atoms with Crippen LogP contribution in [-0.4, -0.2) is 113 Å². The second-order valence-electron chi connectivity index (χ2n) is 22.6. The van der Waals surface area contributed by atoms with E-state index in [2.05, 4.69) is 89.6 Å². The minimum Gasteiger partial charge on any atom is -0.490 e. The fourth-order valence-corrected chi connectivity index (χ4v) is 14.7. The Morgan fingerprint density at radius 2 is 1.16 bits per heavy atom. The van der Waals surface area contributed by atoms with E-state index >= 15 is 0 Å². The zero-order chi connectivity index (χ0) is 53.4. The highest BCUT2D eigenvalue weighted by Crippen LogP contribution is 2.43. The summed E-state index contributed by atoms with van der Waals surface area (Å²) in [7, 11) is -3.59. The highest BCUT2D eigenvalue weighted by molar-refractivity contribution is 7.70. The fraction of sp³-hybridized carbons (Fsp3) is 0.458. The number of rotatable bonds is 17. The number of methoxy groups -OCH3 is 1. The molecule has 0 amide bonds. The molecule has 77 heavy (non-hydrogen) atoms. The summed E-state index contributed by atoms with van der Waals surface area (Å²) in [6, 6.07) is 26.6. The largest absolute Gasteiger partial charge is 0.490 e. The van der Waals surface area contributed by atoms with E-state index in [1.807, 2.05) is 44.7 Å². The molecule has 2 saturated heterocycles. The number of aromatic nitrogens is 4. The Hall–Kier alpha value is -5.04. The molecule has 3 fully saturated rings. The van der Waals surface area contributed by atoms with Crippen LogP contribution in [0, 0.1) is 0 Å². The summed E-state index contributed by atoms with van der Waals surface area (Å²) < 4.78 is 39.2. The molecule has 406 valence electrons. The Morgan fingerprint density at radius 1 is 0.597 bits per heavy atom. The van der Waals surface area contributed by atoms with Gasteiger partial charge in [0.15, 0.2) is 11.6 Å². The van der Waals surface area contributed by atoms with Crippen molar-refractivity contribution in [3.8, 4) is 5.75 Å². The monoisotopic (exact) mass is 1120 g/mol. The van der Waals surface area contributed by atoms with Gasteiger partial charge < -0.3 is 39.9 Å². The lowest BCUT2D eigenvalue weighted by Crippen LogP contribution is -2.40. The lowest BCUT2D eigenvalue weighted by atomic mass is 10.00. The minimum atomic E-state index is -2.74. The summed E-state index contributed by atoms with van der Waals surface area (Å²) in [5.74, 6) is 2.46. The van der Waals surface area contributed by atoms with Gasteiger partial charge in [0, 0.05) is 60.3 Å². The maximum atomic E-state index is 14.1. The molecule has 4 N–H and O–H groups in total. The normalized spacial score (nSPS) is 21.2. The number of halogens is 2. The van der Waals surface area contributed by atoms with Crippen molar-refractivity contribution in [3.63, 3.8) is 0 Å². The maximum absolute atomic E-state index is 14.1. The summed E-state index contributed by atoms with van der Waals surface area (Å²) in [6.45, 7) is 10.4. The predicted octanol–water partition coefficient (Wildman–Crippen LogP) is 12.5. The van der Waals surface area contributed by atoms with Gasteiger partial charge in [0.2, 0.25) is 11.9 Å². The smallest absolute Gasteiger partial charge is 0.229 e. The molecule has 2 aromatic heterocycles. The number of hydrogen-bond donors (Lipinski definition) is 4. The Bertz CT molecular complexity index is 3240. The van der Waals surface area contributed by atoms with Crippen LogP contribution in [0.2, 0.25) is 10.0 Å². The quantitative estimate of drug-likeness (QED) is 0.0505. The van der Waals surface area contributed by atoms with E-state index in [9.17, 15) is 9.13 Å². The van der Waals surface area contributed by atoms with Crippen molar-refractivity contribution in [1.82, 2.24) is 29.7 Å². The molecular weight excluding hydrogens is 1050 g/mol. The van der Waals surface area contributed by atoms with Crippen molar-refractivity contribution in [2.75, 3.05) is 74.7 Å². The zero-order valence-electron chi connectivity index (χ0n) is 45.0. The first-order valence-corrected chi connectivity index (χ1v) is 33.5. The molecule has 3 aliphatic carbocycles. The van der Waals surface area contributed by atoms with Gasteiger partial charge in [0.1, 0.15) is 30.1 Å². The van der Waals surface area contributed by atoms with Crippen molar-refractivity contribution in [2.24, 2.45) is 0 Å². The number of hydrogen-bond acceptors (Lipinski definition) is 14. The molecule has 5 aliphatic rings. The van der Waals surface area contributed by atoms with Crippen LogP contribution in [-0.2, 0) is 46.0 Å². The van der Waals surface area contributed by atoms with Gasteiger partial charge in [-0.1, -0.05) is 41.4 Å². The van der Waals surface area contributed by atoms with Crippen LogP contribution < -0.4 is 36.6 Å². The highest BCUT2D eigenvalue weighted by atomic mass is 35.5. The van der Waals surface area contributed by atoms with Crippen LogP contribution in [0.3, 0.4) is 0 Å². The van der Waals surface area contributed by atoms with E-state index in [4.69, 9.17) is 42.6 Å². The Labute approximate surface area is 464 Å². The van der Waals surface area contributed by atoms with Gasteiger partial charge in [-0.25, -0.2) is 9.97 Å². The number of anilines is 8. The number of nitrogens with one attached hydrogen (secondary N) is 4. The van der Waals surface area contributed by atoms with Gasteiger partial charge in [0.25, 0.3) is 0 Å². The molecule has 4 heterocycles. The van der Waals surface area contributed by atoms with Crippen molar-refractivity contribution in [2.45, 2.75) is 120 Å². The van der Waals surface area contributed by atoms with Crippen LogP contribution in [0.5, 0.6) is 5.75 Å². The number of likely N-dealkylation sites (tertiary alicyclic amines) is 2. The van der Waals surface area contributed by atoms with Gasteiger partial charge in [-0.2, -0.15) is 9.97 Å². The van der Waals surface area contributed by atoms with Gasteiger partial charge in [0.05, 0.1) is 36.0 Å². The number of fused-ring (bicyclic) bond motifs is 2. The molecule has 0 bridgehead atoms. The second kappa shape index (κ2) is 23.0. The third-order valence-electron chi connectivity index (χ3n) is 16.3. The number of ether oxygens (including phenoxy) is 2. The first-order valence-electron chi connectivity index (χ1n) is 27.5. The summed E-state index contributed by atoms with van der Waals surface area (Å²) in [6.07, 6.45) is 18.7. The first-order chi connectivity index (χ1) is 37.1. The molecule has 6 aromatic rings. The highest BCUT2D eigenvalue weighted by Gasteiger charge is 2.34. The number of aryl methyl sites for hydroxylation is 4. The average molecular weight is 1120 g/mol. The fourth-order valence-electron chi connectivity index (χ4n) is 12.1. The molecule has 4 aromatic carbocycles. The van der Waals surface area contributed by atoms with Crippen LogP contribution >= 0.6 is 37.5 Å². The lowest BCUT2D eigenvalue weighted by molar-refractivity contribution is 0.0989. The summed E-state index contributed by atoms with van der Waals surface area (Å²) in [5.41, 5.74) is 9.95. The molecule has 0 spiro atoms. The standard InChI is InChI=1S/C59H72Cl2N10O4P2/c1-74-49-26-28-70(36-49)44-17-11-38-9-15-42(31-40(38)13-18-44)64-58-62-34-50(60)56(68-58)66-52-24-8-37(30-54(52)76(2,3)72)29-46-7-6-27-71(46)45-19-12-39-10-16-43(32-41(39)14-20-45)65-59-63-35-51(61)57(69-59)67-53-25-23-48(75-47-21-22-47)33-55(53)77(4,5)73/h8-10,15-16,23-25,30-35,44-47,49H,6-7,11-14,17-22,26-29,36H2,1-5H3,(H2,62,64,66,68)(H2,63,65,67,69)/t44-,45?,46?,49+/m1/s1. The Kier molecular flexibility index (Phi) is 16.1. The molecule has 18 heteroatoms. The van der Waals surface area contributed by atoms with E-state index < -0.39 is 14.3 Å². The van der Waals surface area contributed by atoms with Gasteiger partial charge >= 0.3 is 0 Å². The maximum Gasteiger partial charge on any atom is 0.229 e. The molecule has 4 atom stereocenters. The molecule has 2 unspecified atom stereocenters. The van der Waals surface area contributed by atoms with Gasteiger partial charge in [-0.15, -0.1) is 0 Å².